The number of rotatable bonds is 3. The third-order valence-electron chi connectivity index (χ3n) is 3.09. The highest BCUT2D eigenvalue weighted by Gasteiger charge is 2.23. The van der Waals surface area contributed by atoms with Crippen molar-refractivity contribution in [1.82, 2.24) is 4.90 Å². The summed E-state index contributed by atoms with van der Waals surface area (Å²) in [5.41, 5.74) is 0. The molecule has 0 bridgehead atoms. The van der Waals surface area contributed by atoms with Crippen molar-refractivity contribution in [3.05, 3.63) is 0 Å². The highest BCUT2D eigenvalue weighted by Crippen LogP contribution is 2.20. The van der Waals surface area contributed by atoms with E-state index < -0.39 is 0 Å². The van der Waals surface area contributed by atoms with Crippen molar-refractivity contribution >= 4 is 0 Å². The average Bonchev–Trinajstić information content (AvgIpc) is 2.20. The van der Waals surface area contributed by atoms with Crippen molar-refractivity contribution in [3.63, 3.8) is 0 Å². The van der Waals surface area contributed by atoms with E-state index >= 15 is 0 Å². The van der Waals surface area contributed by atoms with Crippen LogP contribution in [0.15, 0.2) is 0 Å². The summed E-state index contributed by atoms with van der Waals surface area (Å²) in [6, 6.07) is 3.10. The Hall–Kier alpha value is -0.550. The van der Waals surface area contributed by atoms with Crippen LogP contribution in [-0.4, -0.2) is 24.0 Å². The minimum Gasteiger partial charge on any atom is -0.299 e. The van der Waals surface area contributed by atoms with Gasteiger partial charge in [-0.25, -0.2) is 0 Å². The lowest BCUT2D eigenvalue weighted by atomic mass is 9.97. The van der Waals surface area contributed by atoms with Gasteiger partial charge >= 0.3 is 0 Å². The van der Waals surface area contributed by atoms with E-state index in [1.54, 1.807) is 0 Å². The van der Waals surface area contributed by atoms with Crippen molar-refractivity contribution < 1.29 is 0 Å². The molecule has 74 valence electrons. The van der Waals surface area contributed by atoms with Gasteiger partial charge in [-0.2, -0.15) is 5.26 Å². The van der Waals surface area contributed by atoms with Crippen LogP contribution >= 0.6 is 0 Å². The van der Waals surface area contributed by atoms with Crippen LogP contribution in [0.4, 0.5) is 0 Å². The number of hydrogen-bond donors (Lipinski definition) is 0. The number of likely N-dealkylation sites (tertiary alicyclic amines) is 1. The number of nitriles is 1. The Morgan fingerprint density at radius 3 is 2.69 bits per heavy atom. The molecule has 0 aromatic rings. The van der Waals surface area contributed by atoms with E-state index in [1.165, 1.54) is 25.8 Å². The van der Waals surface area contributed by atoms with Crippen LogP contribution in [0.1, 0.15) is 39.5 Å². The summed E-state index contributed by atoms with van der Waals surface area (Å²) < 4.78 is 0. The Morgan fingerprint density at radius 2 is 2.15 bits per heavy atom. The lowest BCUT2D eigenvalue weighted by molar-refractivity contribution is 0.134. The van der Waals surface area contributed by atoms with Crippen molar-refractivity contribution in [2.45, 2.75) is 45.6 Å². The van der Waals surface area contributed by atoms with Crippen molar-refractivity contribution in [2.24, 2.45) is 5.92 Å². The highest BCUT2D eigenvalue weighted by molar-refractivity contribution is 4.89. The van der Waals surface area contributed by atoms with Gasteiger partial charge in [-0.3, -0.25) is 4.90 Å². The molecule has 0 saturated carbocycles. The molecule has 1 rings (SSSR count). The lowest BCUT2D eigenvalue weighted by Gasteiger charge is -2.35. The topological polar surface area (TPSA) is 27.0 Å². The molecule has 1 unspecified atom stereocenters. The quantitative estimate of drug-likeness (QED) is 0.667. The third kappa shape index (κ3) is 2.70. The van der Waals surface area contributed by atoms with E-state index in [0.29, 0.717) is 6.04 Å². The summed E-state index contributed by atoms with van der Waals surface area (Å²) in [6.45, 7) is 6.68. The molecule has 1 aliphatic rings. The molecule has 1 aliphatic heterocycles. The first kappa shape index (κ1) is 10.5. The summed E-state index contributed by atoms with van der Waals surface area (Å²) in [5, 5.41) is 8.86. The first-order valence-electron chi connectivity index (χ1n) is 5.45. The standard InChI is InChI=1S/C11H20N2/c1-3-11(4-2)13-7-5-6-10(8-12)9-13/h10-11H,3-7,9H2,1-2H3. The van der Waals surface area contributed by atoms with Crippen LogP contribution < -0.4 is 0 Å². The Labute approximate surface area is 81.5 Å². The minimum absolute atomic E-state index is 0.286. The van der Waals surface area contributed by atoms with Gasteiger partial charge in [0.15, 0.2) is 0 Å². The number of nitrogens with zero attached hydrogens (tertiary/aromatic N) is 2. The molecule has 13 heavy (non-hydrogen) atoms. The van der Waals surface area contributed by atoms with Crippen LogP contribution in [-0.2, 0) is 0 Å². The molecule has 0 N–H and O–H groups in total. The van der Waals surface area contributed by atoms with Gasteiger partial charge < -0.3 is 0 Å². The molecule has 0 aromatic carbocycles. The molecular formula is C11H20N2. The molecule has 0 aromatic heterocycles. The van der Waals surface area contributed by atoms with Gasteiger partial charge in [0, 0.05) is 12.6 Å². The third-order valence-corrected chi connectivity index (χ3v) is 3.09. The molecule has 1 saturated heterocycles. The molecule has 0 spiro atoms. The van der Waals surface area contributed by atoms with Crippen LogP contribution in [0.3, 0.4) is 0 Å². The molecule has 2 nitrogen and oxygen atoms in total. The molecule has 0 amide bonds. The van der Waals surface area contributed by atoms with Gasteiger partial charge in [-0.1, -0.05) is 13.8 Å². The molecule has 0 aliphatic carbocycles. The normalized spacial score (nSPS) is 24.6. The molecule has 0 radical (unpaired) electrons. The van der Waals surface area contributed by atoms with Gasteiger partial charge in [0.25, 0.3) is 0 Å². The van der Waals surface area contributed by atoms with E-state index in [0.717, 1.165) is 13.0 Å². The maximum absolute atomic E-state index is 8.86. The summed E-state index contributed by atoms with van der Waals surface area (Å²) in [6.07, 6.45) is 4.74. The Balaban J connectivity index is 2.45. The average molecular weight is 180 g/mol. The van der Waals surface area contributed by atoms with Crippen LogP contribution in [0.5, 0.6) is 0 Å². The van der Waals surface area contributed by atoms with Crippen LogP contribution in [0.25, 0.3) is 0 Å². The molecule has 2 heteroatoms. The van der Waals surface area contributed by atoms with E-state index in [1.807, 2.05) is 0 Å². The van der Waals surface area contributed by atoms with Crippen LogP contribution in [0, 0.1) is 17.2 Å². The SMILES string of the molecule is CCC(CC)N1CCCC(C#N)C1. The smallest absolute Gasteiger partial charge is 0.0669 e. The van der Waals surface area contributed by atoms with E-state index in [2.05, 4.69) is 24.8 Å². The molecule has 1 atom stereocenters. The van der Waals surface area contributed by atoms with E-state index in [-0.39, 0.29) is 5.92 Å². The fourth-order valence-electron chi connectivity index (χ4n) is 2.25. The van der Waals surface area contributed by atoms with Gasteiger partial charge in [-0.15, -0.1) is 0 Å². The minimum atomic E-state index is 0.286. The fraction of sp³-hybridized carbons (Fsp3) is 0.909. The summed E-state index contributed by atoms with van der Waals surface area (Å²) in [7, 11) is 0. The van der Waals surface area contributed by atoms with Crippen molar-refractivity contribution in [1.29, 1.82) is 5.26 Å². The summed E-state index contributed by atoms with van der Waals surface area (Å²) in [4.78, 5) is 2.50. The zero-order chi connectivity index (χ0) is 9.68. The van der Waals surface area contributed by atoms with Crippen molar-refractivity contribution in [3.8, 4) is 6.07 Å². The molecule has 1 heterocycles. The maximum Gasteiger partial charge on any atom is 0.0669 e. The first-order chi connectivity index (χ1) is 6.31. The summed E-state index contributed by atoms with van der Waals surface area (Å²) >= 11 is 0. The predicted octanol–water partition coefficient (Wildman–Crippen LogP) is 2.41. The highest BCUT2D eigenvalue weighted by atomic mass is 15.2. The monoisotopic (exact) mass is 180 g/mol. The zero-order valence-corrected chi connectivity index (χ0v) is 8.79. The first-order valence-corrected chi connectivity index (χ1v) is 5.45. The fourth-order valence-corrected chi connectivity index (χ4v) is 2.25. The zero-order valence-electron chi connectivity index (χ0n) is 8.79. The maximum atomic E-state index is 8.86. The predicted molar refractivity (Wildman–Crippen MR) is 54.3 cm³/mol. The molecule has 1 fully saturated rings. The van der Waals surface area contributed by atoms with E-state index in [4.69, 9.17) is 5.26 Å². The van der Waals surface area contributed by atoms with Crippen molar-refractivity contribution in [2.75, 3.05) is 13.1 Å². The van der Waals surface area contributed by atoms with Gasteiger partial charge in [-0.05, 0) is 32.2 Å². The lowest BCUT2D eigenvalue weighted by Crippen LogP contribution is -2.41. The van der Waals surface area contributed by atoms with Crippen LogP contribution in [0.2, 0.25) is 0 Å². The number of hydrogen-bond acceptors (Lipinski definition) is 2. The number of piperidine rings is 1. The Bertz CT molecular complexity index is 179. The van der Waals surface area contributed by atoms with Gasteiger partial charge in [0.05, 0.1) is 12.0 Å². The Morgan fingerprint density at radius 1 is 1.46 bits per heavy atom. The summed E-state index contributed by atoms with van der Waals surface area (Å²) in [5.74, 6) is 0.286. The second kappa shape index (κ2) is 5.24. The second-order valence-electron chi connectivity index (χ2n) is 3.93. The second-order valence-corrected chi connectivity index (χ2v) is 3.93. The largest absolute Gasteiger partial charge is 0.299 e. The van der Waals surface area contributed by atoms with Gasteiger partial charge in [0.1, 0.15) is 0 Å². The van der Waals surface area contributed by atoms with E-state index in [9.17, 15) is 0 Å². The molecular weight excluding hydrogens is 160 g/mol. The Kier molecular flexibility index (Phi) is 4.24. The van der Waals surface area contributed by atoms with Gasteiger partial charge in [0.2, 0.25) is 0 Å².